The molecule has 17 heavy (non-hydrogen) atoms. The number of aldehydes is 1. The zero-order valence-electron chi connectivity index (χ0n) is 10.4. The Morgan fingerprint density at radius 1 is 1.47 bits per heavy atom. The van der Waals surface area contributed by atoms with Crippen molar-refractivity contribution in [1.29, 1.82) is 0 Å². The van der Waals surface area contributed by atoms with Gasteiger partial charge in [-0.3, -0.25) is 4.79 Å². The second kappa shape index (κ2) is 5.52. The third kappa shape index (κ3) is 4.02. The summed E-state index contributed by atoms with van der Waals surface area (Å²) in [6, 6.07) is 5.13. The molecule has 0 amide bonds. The number of anilines is 1. The molecule has 1 aromatic carbocycles. The highest BCUT2D eigenvalue weighted by molar-refractivity contribution is 6.31. The summed E-state index contributed by atoms with van der Waals surface area (Å²) in [5.74, 6) is 0. The minimum Gasteiger partial charge on any atom is -0.389 e. The van der Waals surface area contributed by atoms with Gasteiger partial charge in [0.1, 0.15) is 0 Å². The highest BCUT2D eigenvalue weighted by Gasteiger charge is 2.19. The number of nitrogens with zero attached hydrogens (tertiary/aromatic N) is 1. The molecule has 1 rings (SSSR count). The minimum absolute atomic E-state index is 0.449. The highest BCUT2D eigenvalue weighted by Crippen LogP contribution is 2.25. The van der Waals surface area contributed by atoms with E-state index < -0.39 is 5.60 Å². The molecule has 0 fully saturated rings. The number of hydrogen-bond donors (Lipinski definition) is 1. The Morgan fingerprint density at radius 3 is 2.59 bits per heavy atom. The zero-order chi connectivity index (χ0) is 13.1. The van der Waals surface area contributed by atoms with Crippen molar-refractivity contribution in [1.82, 2.24) is 0 Å². The summed E-state index contributed by atoms with van der Waals surface area (Å²) < 4.78 is 0. The van der Waals surface area contributed by atoms with E-state index in [0.717, 1.165) is 12.0 Å². The van der Waals surface area contributed by atoms with Crippen LogP contribution in [0.4, 0.5) is 5.69 Å². The van der Waals surface area contributed by atoms with Crippen LogP contribution < -0.4 is 4.90 Å². The Hall–Kier alpha value is -1.06. The number of halogens is 1. The van der Waals surface area contributed by atoms with Crippen molar-refractivity contribution in [2.75, 3.05) is 18.0 Å². The molecule has 0 aliphatic rings. The van der Waals surface area contributed by atoms with Gasteiger partial charge in [0, 0.05) is 29.4 Å². The van der Waals surface area contributed by atoms with Gasteiger partial charge in [0.25, 0.3) is 0 Å². The molecule has 0 aliphatic carbocycles. The molecular weight excluding hydrogens is 238 g/mol. The van der Waals surface area contributed by atoms with Gasteiger partial charge in [-0.25, -0.2) is 0 Å². The van der Waals surface area contributed by atoms with E-state index in [1.807, 2.05) is 11.8 Å². The number of rotatable bonds is 5. The van der Waals surface area contributed by atoms with Gasteiger partial charge in [-0.05, 0) is 39.0 Å². The van der Waals surface area contributed by atoms with Gasteiger partial charge in [-0.2, -0.15) is 0 Å². The molecule has 0 spiro atoms. The van der Waals surface area contributed by atoms with Crippen molar-refractivity contribution in [2.45, 2.75) is 26.4 Å². The first-order valence-electron chi connectivity index (χ1n) is 5.59. The van der Waals surface area contributed by atoms with Crippen LogP contribution in [0.1, 0.15) is 31.1 Å². The molecule has 0 saturated heterocycles. The average molecular weight is 256 g/mol. The first-order valence-corrected chi connectivity index (χ1v) is 5.97. The molecule has 0 aliphatic heterocycles. The molecule has 0 unspecified atom stereocenters. The lowest BCUT2D eigenvalue weighted by Gasteiger charge is -2.30. The lowest BCUT2D eigenvalue weighted by Crippen LogP contribution is -2.39. The second-order valence-electron chi connectivity index (χ2n) is 4.65. The Kier molecular flexibility index (Phi) is 4.54. The maximum Gasteiger partial charge on any atom is 0.152 e. The third-order valence-corrected chi connectivity index (χ3v) is 2.65. The molecular formula is C13H18ClNO2. The first kappa shape index (κ1) is 14.0. The predicted octanol–water partition coefficient (Wildman–Crippen LogP) is 2.75. The van der Waals surface area contributed by atoms with E-state index in [1.54, 1.807) is 32.0 Å². The van der Waals surface area contributed by atoms with Crippen LogP contribution in [0.25, 0.3) is 0 Å². The Labute approximate surface area is 107 Å². The Morgan fingerprint density at radius 2 is 2.12 bits per heavy atom. The number of carbonyl (C=O) groups excluding carboxylic acids is 1. The molecule has 0 saturated carbocycles. The quantitative estimate of drug-likeness (QED) is 0.823. The number of benzene rings is 1. The second-order valence-corrected chi connectivity index (χ2v) is 5.08. The van der Waals surface area contributed by atoms with Crippen LogP contribution in [0.5, 0.6) is 0 Å². The first-order chi connectivity index (χ1) is 7.87. The minimum atomic E-state index is -0.821. The molecule has 0 radical (unpaired) electrons. The van der Waals surface area contributed by atoms with Crippen molar-refractivity contribution in [3.05, 3.63) is 28.8 Å². The van der Waals surface area contributed by atoms with E-state index in [2.05, 4.69) is 0 Å². The molecule has 0 heterocycles. The van der Waals surface area contributed by atoms with Crippen LogP contribution in [0, 0.1) is 0 Å². The van der Waals surface area contributed by atoms with Crippen LogP contribution in [0.2, 0.25) is 5.02 Å². The topological polar surface area (TPSA) is 40.5 Å². The maximum atomic E-state index is 11.0. The van der Waals surface area contributed by atoms with Gasteiger partial charge in [0.15, 0.2) is 6.29 Å². The molecule has 1 aromatic rings. The van der Waals surface area contributed by atoms with Crippen LogP contribution in [-0.2, 0) is 0 Å². The van der Waals surface area contributed by atoms with Gasteiger partial charge in [0.05, 0.1) is 5.60 Å². The van der Waals surface area contributed by atoms with Crippen LogP contribution in [0.3, 0.4) is 0 Å². The van der Waals surface area contributed by atoms with E-state index in [1.165, 1.54) is 0 Å². The van der Waals surface area contributed by atoms with Gasteiger partial charge >= 0.3 is 0 Å². The fourth-order valence-electron chi connectivity index (χ4n) is 1.72. The third-order valence-electron chi connectivity index (χ3n) is 2.42. The lowest BCUT2D eigenvalue weighted by molar-refractivity contribution is 0.0874. The number of aliphatic hydroxyl groups is 1. The number of carbonyl (C=O) groups is 1. The standard InChI is InChI=1S/C13H18ClNO2/c1-4-15(9-13(2,3)17)12-7-11(14)6-5-10(12)8-16/h5-8,17H,4,9H2,1-3H3. The van der Waals surface area contributed by atoms with Crippen molar-refractivity contribution in [3.8, 4) is 0 Å². The number of hydrogen-bond acceptors (Lipinski definition) is 3. The van der Waals surface area contributed by atoms with Gasteiger partial charge < -0.3 is 10.0 Å². The van der Waals surface area contributed by atoms with Crippen LogP contribution in [0.15, 0.2) is 18.2 Å². The normalized spacial score (nSPS) is 11.4. The molecule has 4 heteroatoms. The highest BCUT2D eigenvalue weighted by atomic mass is 35.5. The Balaban J connectivity index is 3.10. The van der Waals surface area contributed by atoms with Crippen molar-refractivity contribution >= 4 is 23.6 Å². The van der Waals surface area contributed by atoms with E-state index in [0.29, 0.717) is 23.7 Å². The van der Waals surface area contributed by atoms with Crippen molar-refractivity contribution in [3.63, 3.8) is 0 Å². The molecule has 94 valence electrons. The summed E-state index contributed by atoms with van der Waals surface area (Å²) in [7, 11) is 0. The molecule has 0 aromatic heterocycles. The average Bonchev–Trinajstić information content (AvgIpc) is 2.24. The van der Waals surface area contributed by atoms with E-state index in [9.17, 15) is 9.90 Å². The van der Waals surface area contributed by atoms with Gasteiger partial charge in [-0.1, -0.05) is 11.6 Å². The van der Waals surface area contributed by atoms with Crippen molar-refractivity contribution in [2.24, 2.45) is 0 Å². The summed E-state index contributed by atoms with van der Waals surface area (Å²) in [6.07, 6.45) is 0.804. The van der Waals surface area contributed by atoms with E-state index in [-0.39, 0.29) is 0 Å². The zero-order valence-corrected chi connectivity index (χ0v) is 11.2. The molecule has 0 atom stereocenters. The number of likely N-dealkylation sites (N-methyl/N-ethyl adjacent to an activating group) is 1. The summed E-state index contributed by atoms with van der Waals surface area (Å²) in [5.41, 5.74) is 0.524. The fourth-order valence-corrected chi connectivity index (χ4v) is 1.89. The summed E-state index contributed by atoms with van der Waals surface area (Å²) in [6.45, 7) is 6.60. The van der Waals surface area contributed by atoms with E-state index in [4.69, 9.17) is 11.6 Å². The van der Waals surface area contributed by atoms with E-state index >= 15 is 0 Å². The summed E-state index contributed by atoms with van der Waals surface area (Å²) >= 11 is 5.94. The van der Waals surface area contributed by atoms with Crippen molar-refractivity contribution < 1.29 is 9.90 Å². The molecule has 0 bridgehead atoms. The van der Waals surface area contributed by atoms with Gasteiger partial charge in [-0.15, -0.1) is 0 Å². The smallest absolute Gasteiger partial charge is 0.152 e. The maximum absolute atomic E-state index is 11.0. The largest absolute Gasteiger partial charge is 0.389 e. The van der Waals surface area contributed by atoms with Crippen LogP contribution >= 0.6 is 11.6 Å². The lowest BCUT2D eigenvalue weighted by atomic mass is 10.1. The van der Waals surface area contributed by atoms with Crippen LogP contribution in [-0.4, -0.2) is 30.1 Å². The SMILES string of the molecule is CCN(CC(C)(C)O)c1cc(Cl)ccc1C=O. The molecule has 1 N–H and O–H groups in total. The summed E-state index contributed by atoms with van der Waals surface area (Å²) in [4.78, 5) is 12.9. The molecule has 3 nitrogen and oxygen atoms in total. The predicted molar refractivity (Wildman–Crippen MR) is 71.0 cm³/mol. The summed E-state index contributed by atoms with van der Waals surface area (Å²) in [5, 5.41) is 10.4. The monoisotopic (exact) mass is 255 g/mol. The fraction of sp³-hybridized carbons (Fsp3) is 0.462. The Bertz CT molecular complexity index is 399. The van der Waals surface area contributed by atoms with Gasteiger partial charge in [0.2, 0.25) is 0 Å².